The van der Waals surface area contributed by atoms with Gasteiger partial charge in [0, 0.05) is 42.8 Å². The van der Waals surface area contributed by atoms with E-state index in [2.05, 4.69) is 21.4 Å². The predicted molar refractivity (Wildman–Crippen MR) is 132 cm³/mol. The second-order valence-corrected chi connectivity index (χ2v) is 8.07. The average molecular weight is 458 g/mol. The Labute approximate surface area is 198 Å². The molecule has 2 aliphatic rings. The highest BCUT2D eigenvalue weighted by molar-refractivity contribution is 5.93. The number of aromatic nitrogens is 2. The van der Waals surface area contributed by atoms with Crippen molar-refractivity contribution in [3.63, 3.8) is 0 Å². The molecule has 2 amide bonds. The number of benzene rings is 2. The zero-order valence-corrected chi connectivity index (χ0v) is 18.9. The fraction of sp³-hybridized carbons (Fsp3) is 0.269. The summed E-state index contributed by atoms with van der Waals surface area (Å²) >= 11 is 0. The van der Waals surface area contributed by atoms with Crippen molar-refractivity contribution < 1.29 is 14.3 Å². The van der Waals surface area contributed by atoms with Crippen LogP contribution in [-0.4, -0.2) is 60.4 Å². The molecule has 0 spiro atoms. The summed E-state index contributed by atoms with van der Waals surface area (Å²) in [7, 11) is 0. The molecule has 0 aliphatic carbocycles. The van der Waals surface area contributed by atoms with E-state index in [0.717, 1.165) is 34.8 Å². The van der Waals surface area contributed by atoms with Crippen molar-refractivity contribution in [1.29, 1.82) is 0 Å². The van der Waals surface area contributed by atoms with Gasteiger partial charge in [0.25, 0.3) is 0 Å². The van der Waals surface area contributed by atoms with Crippen LogP contribution in [0.15, 0.2) is 72.9 Å². The fourth-order valence-electron chi connectivity index (χ4n) is 3.97. The van der Waals surface area contributed by atoms with Crippen molar-refractivity contribution in [1.82, 2.24) is 14.9 Å². The summed E-state index contributed by atoms with van der Waals surface area (Å²) in [4.78, 5) is 26.1. The van der Waals surface area contributed by atoms with Gasteiger partial charge in [0.2, 0.25) is 5.95 Å². The summed E-state index contributed by atoms with van der Waals surface area (Å²) in [5.41, 5.74) is 3.36. The molecule has 3 aromatic rings. The van der Waals surface area contributed by atoms with Crippen molar-refractivity contribution in [2.24, 2.45) is 0 Å². The van der Waals surface area contributed by atoms with E-state index in [4.69, 9.17) is 9.47 Å². The number of carbonyl (C=O) groups excluding carboxylic acids is 1. The topological polar surface area (TPSA) is 79.8 Å². The number of nitrogens with one attached hydrogen (secondary N) is 1. The van der Waals surface area contributed by atoms with Gasteiger partial charge in [0.1, 0.15) is 5.75 Å². The van der Waals surface area contributed by atoms with Crippen LogP contribution in [0.25, 0.3) is 11.3 Å². The lowest BCUT2D eigenvalue weighted by Gasteiger charge is -2.32. The number of amides is 2. The first-order chi connectivity index (χ1) is 16.8. The lowest BCUT2D eigenvalue weighted by molar-refractivity contribution is 0.0550. The minimum atomic E-state index is -0.0338. The Morgan fingerprint density at radius 1 is 0.971 bits per heavy atom. The third kappa shape index (κ3) is 5.18. The van der Waals surface area contributed by atoms with E-state index in [1.807, 2.05) is 65.6 Å². The minimum Gasteiger partial charge on any atom is -0.493 e. The second-order valence-electron chi connectivity index (χ2n) is 8.07. The van der Waals surface area contributed by atoms with Gasteiger partial charge >= 0.3 is 6.03 Å². The summed E-state index contributed by atoms with van der Waals surface area (Å²) < 4.78 is 11.4. The number of ether oxygens (including phenoxy) is 2. The summed E-state index contributed by atoms with van der Waals surface area (Å²) in [5, 5.41) is 3.28. The quantitative estimate of drug-likeness (QED) is 0.501. The van der Waals surface area contributed by atoms with E-state index in [1.165, 1.54) is 0 Å². The minimum absolute atomic E-state index is 0.0338. The van der Waals surface area contributed by atoms with Gasteiger partial charge in [-0.25, -0.2) is 14.8 Å². The lowest BCUT2D eigenvalue weighted by atomic mass is 10.1. The molecule has 0 saturated carbocycles. The molecule has 1 aromatic heterocycles. The van der Waals surface area contributed by atoms with Crippen molar-refractivity contribution in [2.45, 2.75) is 6.42 Å². The van der Waals surface area contributed by atoms with Crippen molar-refractivity contribution >= 4 is 23.4 Å². The highest BCUT2D eigenvalue weighted by Crippen LogP contribution is 2.26. The maximum absolute atomic E-state index is 13.4. The molecule has 1 N–H and O–H groups in total. The molecular formula is C26H27N5O3. The Kier molecular flexibility index (Phi) is 6.67. The Bertz CT molecular complexity index is 1180. The maximum Gasteiger partial charge on any atom is 0.324 e. The standard InChI is InChI=1S/C26H27N5O3/c32-26(30-13-16-33-17-14-30)31-12-2-1-3-15-34-23-9-4-6-20(18-23)24-10-11-27-25(29-24)28-21-7-5-8-22(31)19-21/h1-2,4-11,18-19H,3,12-17H2,(H,27,28,29)/b2-1+. The Morgan fingerprint density at radius 3 is 2.76 bits per heavy atom. The van der Waals surface area contributed by atoms with Gasteiger partial charge in [0.05, 0.1) is 25.5 Å². The Morgan fingerprint density at radius 2 is 1.85 bits per heavy atom. The van der Waals surface area contributed by atoms with Gasteiger partial charge < -0.3 is 19.7 Å². The molecule has 8 heteroatoms. The number of nitrogens with zero attached hydrogens (tertiary/aromatic N) is 4. The highest BCUT2D eigenvalue weighted by Gasteiger charge is 2.23. The number of morpholine rings is 1. The molecule has 2 aromatic carbocycles. The van der Waals surface area contributed by atoms with Gasteiger partial charge in [-0.1, -0.05) is 30.4 Å². The van der Waals surface area contributed by atoms with Gasteiger partial charge in [-0.3, -0.25) is 4.90 Å². The second kappa shape index (κ2) is 10.4. The van der Waals surface area contributed by atoms with Crippen LogP contribution < -0.4 is 15.0 Å². The van der Waals surface area contributed by atoms with Crippen LogP contribution in [-0.2, 0) is 4.74 Å². The number of carbonyl (C=O) groups is 1. The molecule has 1 saturated heterocycles. The Balaban J connectivity index is 1.48. The van der Waals surface area contributed by atoms with E-state index in [9.17, 15) is 4.79 Å². The summed E-state index contributed by atoms with van der Waals surface area (Å²) in [5.74, 6) is 1.27. The monoisotopic (exact) mass is 457 g/mol. The van der Waals surface area contributed by atoms with Crippen molar-refractivity contribution in [3.05, 3.63) is 72.9 Å². The van der Waals surface area contributed by atoms with Crippen molar-refractivity contribution in [2.75, 3.05) is 49.7 Å². The summed E-state index contributed by atoms with van der Waals surface area (Å²) in [6, 6.07) is 17.5. The number of hydrogen-bond acceptors (Lipinski definition) is 6. The molecule has 8 nitrogen and oxygen atoms in total. The number of urea groups is 1. The first-order valence-electron chi connectivity index (χ1n) is 11.5. The third-order valence-corrected chi connectivity index (χ3v) is 5.72. The van der Waals surface area contributed by atoms with Crippen LogP contribution in [0.2, 0.25) is 0 Å². The van der Waals surface area contributed by atoms with Gasteiger partial charge in [0.15, 0.2) is 0 Å². The van der Waals surface area contributed by atoms with E-state index < -0.39 is 0 Å². The molecule has 3 heterocycles. The van der Waals surface area contributed by atoms with Gasteiger partial charge in [-0.05, 0) is 42.8 Å². The molecule has 0 radical (unpaired) electrons. The number of anilines is 3. The van der Waals surface area contributed by atoms with Crippen LogP contribution in [0.1, 0.15) is 6.42 Å². The summed E-state index contributed by atoms with van der Waals surface area (Å²) in [6.07, 6.45) is 6.54. The van der Waals surface area contributed by atoms with Gasteiger partial charge in [-0.15, -0.1) is 0 Å². The molecule has 1 fully saturated rings. The number of fused-ring (bicyclic) bond motifs is 7. The SMILES string of the molecule is O=C(N1CCOCC1)N1C/C=C/CCOc2cccc(c2)-c2ccnc(n2)Nc2cccc1c2. The molecule has 174 valence electrons. The fourth-order valence-corrected chi connectivity index (χ4v) is 3.97. The zero-order valence-electron chi connectivity index (χ0n) is 18.9. The van der Waals surface area contributed by atoms with E-state index in [0.29, 0.717) is 45.4 Å². The number of hydrogen-bond donors (Lipinski definition) is 1. The third-order valence-electron chi connectivity index (χ3n) is 5.72. The molecule has 5 rings (SSSR count). The highest BCUT2D eigenvalue weighted by atomic mass is 16.5. The lowest BCUT2D eigenvalue weighted by Crippen LogP contribution is -2.48. The first kappa shape index (κ1) is 21.9. The maximum atomic E-state index is 13.4. The average Bonchev–Trinajstić information content (AvgIpc) is 2.88. The van der Waals surface area contributed by atoms with Crippen LogP contribution in [0, 0.1) is 0 Å². The normalized spacial score (nSPS) is 17.2. The molecule has 34 heavy (non-hydrogen) atoms. The van der Waals surface area contributed by atoms with Gasteiger partial charge in [-0.2, -0.15) is 0 Å². The van der Waals surface area contributed by atoms with E-state index >= 15 is 0 Å². The molecule has 0 unspecified atom stereocenters. The van der Waals surface area contributed by atoms with Crippen molar-refractivity contribution in [3.8, 4) is 17.0 Å². The molecule has 2 aliphatic heterocycles. The Hall–Kier alpha value is -3.91. The largest absolute Gasteiger partial charge is 0.493 e. The van der Waals surface area contributed by atoms with Crippen LogP contribution in [0.3, 0.4) is 0 Å². The molecule has 6 bridgehead atoms. The first-order valence-corrected chi connectivity index (χ1v) is 11.5. The van der Waals surface area contributed by atoms with Crippen LogP contribution in [0.4, 0.5) is 22.1 Å². The molecule has 0 atom stereocenters. The van der Waals surface area contributed by atoms with Crippen LogP contribution in [0.5, 0.6) is 5.75 Å². The molecular weight excluding hydrogens is 430 g/mol. The van der Waals surface area contributed by atoms with Crippen LogP contribution >= 0.6 is 0 Å². The predicted octanol–water partition coefficient (Wildman–Crippen LogP) is 4.48. The number of rotatable bonds is 0. The van der Waals surface area contributed by atoms with E-state index in [-0.39, 0.29) is 6.03 Å². The smallest absolute Gasteiger partial charge is 0.324 e. The van der Waals surface area contributed by atoms with E-state index in [1.54, 1.807) is 11.1 Å². The summed E-state index contributed by atoms with van der Waals surface area (Å²) in [6.45, 7) is 3.30. The zero-order chi connectivity index (χ0) is 23.2.